The zero-order chi connectivity index (χ0) is 8.32. The van der Waals surface area contributed by atoms with Gasteiger partial charge in [-0.3, -0.25) is 0 Å². The van der Waals surface area contributed by atoms with Crippen molar-refractivity contribution in [1.82, 2.24) is 0 Å². The van der Waals surface area contributed by atoms with Gasteiger partial charge in [-0.15, -0.1) is 11.5 Å². The third-order valence-electron chi connectivity index (χ3n) is 3.08. The minimum absolute atomic E-state index is 0.361. The van der Waals surface area contributed by atoms with Crippen LogP contribution < -0.4 is 0 Å². The van der Waals surface area contributed by atoms with Gasteiger partial charge in [-0.05, 0) is 25.7 Å². The van der Waals surface area contributed by atoms with E-state index in [2.05, 4.69) is 25.3 Å². The first-order valence-electron chi connectivity index (χ1n) is 4.63. The van der Waals surface area contributed by atoms with E-state index in [9.17, 15) is 0 Å². The second-order valence-corrected chi connectivity index (χ2v) is 4.44. The maximum Gasteiger partial charge on any atom is 0.0906 e. The molecule has 1 fully saturated rings. The normalized spacial score (nSPS) is 37.8. The Kier molecular flexibility index (Phi) is 2.78. The molecule has 0 bridgehead atoms. The molecular formula is C10H18Si. The summed E-state index contributed by atoms with van der Waals surface area (Å²) in [5.41, 5.74) is 3.56. The van der Waals surface area contributed by atoms with Gasteiger partial charge in [-0.2, -0.15) is 0 Å². The second kappa shape index (κ2) is 3.45. The third kappa shape index (κ3) is 1.87. The zero-order valence-electron chi connectivity index (χ0n) is 7.91. The quantitative estimate of drug-likeness (QED) is 0.378. The molecule has 0 aromatic rings. The molecule has 2 unspecified atom stereocenters. The van der Waals surface area contributed by atoms with Crippen LogP contribution in [0.15, 0.2) is 0 Å². The number of hydrogen-bond acceptors (Lipinski definition) is 0. The lowest BCUT2D eigenvalue weighted by Crippen LogP contribution is -2.27. The van der Waals surface area contributed by atoms with E-state index in [1.807, 2.05) is 0 Å². The topological polar surface area (TPSA) is 0 Å². The molecule has 1 heteroatoms. The maximum atomic E-state index is 3.42. The highest BCUT2D eigenvalue weighted by Gasteiger charge is 2.31. The van der Waals surface area contributed by atoms with Crippen molar-refractivity contribution < 1.29 is 0 Å². The minimum Gasteiger partial charge on any atom is -0.143 e. The third-order valence-corrected chi connectivity index (χ3v) is 3.33. The average molecular weight is 166 g/mol. The van der Waals surface area contributed by atoms with Gasteiger partial charge in [0.25, 0.3) is 0 Å². The first-order chi connectivity index (χ1) is 5.19. The van der Waals surface area contributed by atoms with Gasteiger partial charge in [0.05, 0.1) is 10.2 Å². The monoisotopic (exact) mass is 166 g/mol. The van der Waals surface area contributed by atoms with Gasteiger partial charge in [0.1, 0.15) is 0 Å². The van der Waals surface area contributed by atoms with Crippen LogP contribution in [0.25, 0.3) is 0 Å². The van der Waals surface area contributed by atoms with Crippen LogP contribution in [0, 0.1) is 22.8 Å². The lowest BCUT2D eigenvalue weighted by Gasteiger charge is -2.35. The van der Waals surface area contributed by atoms with Crippen molar-refractivity contribution in [2.24, 2.45) is 11.3 Å². The Hall–Kier alpha value is -0.223. The summed E-state index contributed by atoms with van der Waals surface area (Å²) in [6.45, 7) is 4.69. The summed E-state index contributed by atoms with van der Waals surface area (Å²) >= 11 is 0. The first-order valence-corrected chi connectivity index (χ1v) is 5.63. The van der Waals surface area contributed by atoms with E-state index in [1.165, 1.54) is 25.7 Å². The second-order valence-electron chi connectivity index (χ2n) is 3.94. The molecule has 0 radical (unpaired) electrons. The predicted octanol–water partition coefficient (Wildman–Crippen LogP) is 1.53. The average Bonchev–Trinajstić information content (AvgIpc) is 1.96. The van der Waals surface area contributed by atoms with E-state index >= 15 is 0 Å². The molecule has 0 saturated heterocycles. The lowest BCUT2D eigenvalue weighted by molar-refractivity contribution is 0.201. The molecule has 0 aromatic carbocycles. The molecule has 0 N–H and O–H groups in total. The standard InChI is InChI=1S/C10H18Si/c1-9-5-3-4-6-10(9,2)7-8-11/h9H,3-6H2,1-2,11H3. The summed E-state index contributed by atoms with van der Waals surface area (Å²) < 4.78 is 0. The highest BCUT2D eigenvalue weighted by molar-refractivity contribution is 6.22. The number of hydrogen-bond donors (Lipinski definition) is 0. The molecule has 11 heavy (non-hydrogen) atoms. The zero-order valence-corrected chi connectivity index (χ0v) is 9.91. The van der Waals surface area contributed by atoms with Crippen LogP contribution in [0.2, 0.25) is 0 Å². The molecule has 0 heterocycles. The Labute approximate surface area is 73.2 Å². The Morgan fingerprint density at radius 3 is 2.73 bits per heavy atom. The summed E-state index contributed by atoms with van der Waals surface area (Å²) in [5.74, 6) is 4.24. The Bertz CT molecular complexity index is 187. The van der Waals surface area contributed by atoms with Crippen LogP contribution in [-0.2, 0) is 0 Å². The van der Waals surface area contributed by atoms with E-state index in [1.54, 1.807) is 0 Å². The minimum atomic E-state index is 0.361. The number of rotatable bonds is 0. The Balaban J connectivity index is 2.69. The van der Waals surface area contributed by atoms with Gasteiger partial charge < -0.3 is 0 Å². The van der Waals surface area contributed by atoms with Crippen molar-refractivity contribution in [1.29, 1.82) is 0 Å². The van der Waals surface area contributed by atoms with Crippen LogP contribution in [0.5, 0.6) is 0 Å². The fourth-order valence-corrected chi connectivity index (χ4v) is 2.55. The van der Waals surface area contributed by atoms with Crippen LogP contribution >= 0.6 is 0 Å². The SMILES string of the molecule is CC1CCCCC1(C)C#C[SiH3]. The molecule has 2 atom stereocenters. The highest BCUT2D eigenvalue weighted by Crippen LogP contribution is 2.39. The van der Waals surface area contributed by atoms with Gasteiger partial charge in [0.2, 0.25) is 0 Å². The van der Waals surface area contributed by atoms with Crippen molar-refractivity contribution in [3.8, 4) is 11.5 Å². The Morgan fingerprint density at radius 2 is 2.18 bits per heavy atom. The van der Waals surface area contributed by atoms with Gasteiger partial charge >= 0.3 is 0 Å². The molecule has 0 spiro atoms. The summed E-state index contributed by atoms with van der Waals surface area (Å²) in [7, 11) is 1.04. The van der Waals surface area contributed by atoms with E-state index in [4.69, 9.17) is 0 Å². The van der Waals surface area contributed by atoms with Crippen molar-refractivity contribution in [3.63, 3.8) is 0 Å². The fourth-order valence-electron chi connectivity index (χ4n) is 1.98. The van der Waals surface area contributed by atoms with E-state index in [0.29, 0.717) is 5.41 Å². The largest absolute Gasteiger partial charge is 0.143 e. The fraction of sp³-hybridized carbons (Fsp3) is 0.800. The summed E-state index contributed by atoms with van der Waals surface area (Å²) in [6.07, 6.45) is 5.51. The first kappa shape index (κ1) is 8.87. The summed E-state index contributed by atoms with van der Waals surface area (Å²) in [5, 5.41) is 0. The predicted molar refractivity (Wildman–Crippen MR) is 53.5 cm³/mol. The molecule has 1 aliphatic carbocycles. The Morgan fingerprint density at radius 1 is 1.45 bits per heavy atom. The van der Waals surface area contributed by atoms with Crippen molar-refractivity contribution in [2.75, 3.05) is 0 Å². The van der Waals surface area contributed by atoms with Gasteiger partial charge in [0.15, 0.2) is 0 Å². The van der Waals surface area contributed by atoms with Crippen LogP contribution in [-0.4, -0.2) is 10.2 Å². The van der Waals surface area contributed by atoms with Gasteiger partial charge in [0, 0.05) is 5.41 Å². The molecule has 0 aromatic heterocycles. The van der Waals surface area contributed by atoms with Crippen molar-refractivity contribution >= 4 is 10.2 Å². The van der Waals surface area contributed by atoms with Crippen LogP contribution in [0.3, 0.4) is 0 Å². The molecule has 0 aliphatic heterocycles. The highest BCUT2D eigenvalue weighted by atomic mass is 28.1. The maximum absolute atomic E-state index is 3.42. The van der Waals surface area contributed by atoms with E-state index < -0.39 is 0 Å². The smallest absolute Gasteiger partial charge is 0.0906 e. The van der Waals surface area contributed by atoms with E-state index in [0.717, 1.165) is 16.2 Å². The van der Waals surface area contributed by atoms with Gasteiger partial charge in [-0.25, -0.2) is 0 Å². The van der Waals surface area contributed by atoms with Crippen LogP contribution in [0.1, 0.15) is 39.5 Å². The molecule has 62 valence electrons. The van der Waals surface area contributed by atoms with Crippen molar-refractivity contribution in [2.45, 2.75) is 39.5 Å². The summed E-state index contributed by atoms with van der Waals surface area (Å²) in [6, 6.07) is 0. The molecule has 0 amide bonds. The molecule has 1 saturated carbocycles. The molecular weight excluding hydrogens is 148 g/mol. The molecule has 1 aliphatic rings. The summed E-state index contributed by atoms with van der Waals surface area (Å²) in [4.78, 5) is 0. The van der Waals surface area contributed by atoms with Gasteiger partial charge in [-0.1, -0.05) is 19.8 Å². The van der Waals surface area contributed by atoms with Crippen molar-refractivity contribution in [3.05, 3.63) is 0 Å². The van der Waals surface area contributed by atoms with E-state index in [-0.39, 0.29) is 0 Å². The lowest BCUT2D eigenvalue weighted by atomic mass is 9.69. The molecule has 0 nitrogen and oxygen atoms in total. The van der Waals surface area contributed by atoms with Crippen LogP contribution in [0.4, 0.5) is 0 Å². The molecule has 1 rings (SSSR count).